The van der Waals surface area contributed by atoms with Crippen LogP contribution in [0.2, 0.25) is 0 Å². The lowest BCUT2D eigenvalue weighted by molar-refractivity contribution is -0.142. The molecule has 0 aromatic heterocycles. The maximum absolute atomic E-state index is 12.0. The zero-order valence-electron chi connectivity index (χ0n) is 11.4. The van der Waals surface area contributed by atoms with Crippen LogP contribution in [-0.2, 0) is 9.53 Å². The van der Waals surface area contributed by atoms with E-state index in [0.717, 1.165) is 10.8 Å². The summed E-state index contributed by atoms with van der Waals surface area (Å²) in [5, 5.41) is 4.83. The van der Waals surface area contributed by atoms with Gasteiger partial charge in [0.1, 0.15) is 0 Å². The molecular weight excluding hydrogens is 254 g/mol. The van der Waals surface area contributed by atoms with Crippen molar-refractivity contribution in [1.29, 1.82) is 0 Å². The van der Waals surface area contributed by atoms with Gasteiger partial charge >= 0.3 is 5.97 Å². The van der Waals surface area contributed by atoms with Gasteiger partial charge in [-0.15, -0.1) is 0 Å². The number of ether oxygens (including phenoxy) is 1. The number of carbonyl (C=O) groups is 2. The summed E-state index contributed by atoms with van der Waals surface area (Å²) in [5.74, 6) is -0.480. The number of benzene rings is 2. The Morgan fingerprint density at radius 1 is 1.10 bits per heavy atom. The van der Waals surface area contributed by atoms with Gasteiger partial charge in [0.25, 0.3) is 5.91 Å². The Labute approximate surface area is 117 Å². The van der Waals surface area contributed by atoms with Crippen molar-refractivity contribution >= 4 is 22.6 Å². The zero-order chi connectivity index (χ0) is 14.4. The highest BCUT2D eigenvalue weighted by Gasteiger charge is 2.07. The molecule has 1 amide bonds. The number of hydrogen-bond acceptors (Lipinski definition) is 3. The molecule has 0 aliphatic heterocycles. The monoisotopic (exact) mass is 271 g/mol. The molecule has 4 nitrogen and oxygen atoms in total. The van der Waals surface area contributed by atoms with E-state index >= 15 is 0 Å². The minimum atomic E-state index is -0.300. The number of carbonyl (C=O) groups excluding carboxylic acids is 2. The van der Waals surface area contributed by atoms with Gasteiger partial charge in [-0.05, 0) is 29.8 Å². The van der Waals surface area contributed by atoms with Crippen molar-refractivity contribution in [3.05, 3.63) is 48.0 Å². The largest absolute Gasteiger partial charge is 0.466 e. The van der Waals surface area contributed by atoms with Gasteiger partial charge in [0.05, 0.1) is 13.0 Å². The van der Waals surface area contributed by atoms with Crippen molar-refractivity contribution in [2.24, 2.45) is 0 Å². The second kappa shape index (κ2) is 6.70. The number of fused-ring (bicyclic) bond motifs is 1. The van der Waals surface area contributed by atoms with Crippen LogP contribution >= 0.6 is 0 Å². The van der Waals surface area contributed by atoms with Crippen LogP contribution in [0.3, 0.4) is 0 Å². The van der Waals surface area contributed by atoms with E-state index in [1.54, 1.807) is 13.0 Å². The summed E-state index contributed by atoms with van der Waals surface area (Å²) in [5.41, 5.74) is 0.590. The molecule has 0 unspecified atom stereocenters. The van der Waals surface area contributed by atoms with Crippen molar-refractivity contribution in [1.82, 2.24) is 5.32 Å². The van der Waals surface area contributed by atoms with Crippen LogP contribution < -0.4 is 5.32 Å². The van der Waals surface area contributed by atoms with Gasteiger partial charge in [-0.2, -0.15) is 0 Å². The van der Waals surface area contributed by atoms with Crippen LogP contribution in [0.5, 0.6) is 0 Å². The minimum absolute atomic E-state index is 0.181. The van der Waals surface area contributed by atoms with Crippen LogP contribution in [0.25, 0.3) is 10.8 Å². The molecule has 1 N–H and O–H groups in total. The van der Waals surface area contributed by atoms with Crippen molar-refractivity contribution < 1.29 is 14.3 Å². The molecule has 104 valence electrons. The molecule has 0 saturated carbocycles. The Kier molecular flexibility index (Phi) is 4.71. The van der Waals surface area contributed by atoms with E-state index < -0.39 is 0 Å². The van der Waals surface area contributed by atoms with Gasteiger partial charge in [0.2, 0.25) is 0 Å². The lowest BCUT2D eigenvalue weighted by Gasteiger charge is -2.06. The second-order valence-electron chi connectivity index (χ2n) is 4.37. The molecule has 0 spiro atoms. The highest BCUT2D eigenvalue weighted by Crippen LogP contribution is 2.15. The van der Waals surface area contributed by atoms with Crippen LogP contribution in [0.15, 0.2) is 42.5 Å². The van der Waals surface area contributed by atoms with Crippen LogP contribution in [0.4, 0.5) is 0 Å². The molecule has 0 saturated heterocycles. The molecule has 0 atom stereocenters. The molecule has 0 fully saturated rings. The van der Waals surface area contributed by atoms with Crippen molar-refractivity contribution in [2.45, 2.75) is 13.3 Å². The number of nitrogens with one attached hydrogen (secondary N) is 1. The van der Waals surface area contributed by atoms with Crippen LogP contribution in [0, 0.1) is 0 Å². The summed E-state index contributed by atoms with van der Waals surface area (Å²) < 4.78 is 4.80. The molecule has 0 bridgehead atoms. The highest BCUT2D eigenvalue weighted by atomic mass is 16.5. The van der Waals surface area contributed by atoms with Gasteiger partial charge in [0, 0.05) is 12.1 Å². The summed E-state index contributed by atoms with van der Waals surface area (Å²) in [6.45, 7) is 2.40. The molecule has 0 heterocycles. The predicted molar refractivity (Wildman–Crippen MR) is 77.5 cm³/mol. The fraction of sp³-hybridized carbons (Fsp3) is 0.250. The maximum Gasteiger partial charge on any atom is 0.307 e. The second-order valence-corrected chi connectivity index (χ2v) is 4.37. The van der Waals surface area contributed by atoms with Gasteiger partial charge in [0.15, 0.2) is 0 Å². The number of hydrogen-bond donors (Lipinski definition) is 1. The summed E-state index contributed by atoms with van der Waals surface area (Å²) in [7, 11) is 0. The highest BCUT2D eigenvalue weighted by molar-refractivity contribution is 5.98. The first-order chi connectivity index (χ1) is 9.70. The smallest absolute Gasteiger partial charge is 0.307 e. The SMILES string of the molecule is CCOC(=O)CCNC(=O)c1ccc2ccccc2c1. The third-order valence-corrected chi connectivity index (χ3v) is 2.93. The lowest BCUT2D eigenvalue weighted by Crippen LogP contribution is -2.26. The van der Waals surface area contributed by atoms with Crippen LogP contribution in [-0.4, -0.2) is 25.0 Å². The van der Waals surface area contributed by atoms with Gasteiger partial charge in [-0.3, -0.25) is 9.59 Å². The molecule has 2 aromatic rings. The first-order valence-corrected chi connectivity index (χ1v) is 6.63. The molecule has 2 rings (SSSR count). The molecule has 0 aliphatic carbocycles. The summed E-state index contributed by atoms with van der Waals surface area (Å²) in [6.07, 6.45) is 0.188. The normalized spacial score (nSPS) is 10.2. The molecule has 4 heteroatoms. The average Bonchev–Trinajstić information content (AvgIpc) is 2.47. The van der Waals surface area contributed by atoms with Crippen molar-refractivity contribution in [3.8, 4) is 0 Å². The van der Waals surface area contributed by atoms with E-state index in [1.165, 1.54) is 0 Å². The molecular formula is C16H17NO3. The standard InChI is InChI=1S/C16H17NO3/c1-2-20-15(18)9-10-17-16(19)14-8-7-12-5-3-4-6-13(12)11-14/h3-8,11H,2,9-10H2,1H3,(H,17,19). The Bertz CT molecular complexity index is 622. The van der Waals surface area contributed by atoms with E-state index in [0.29, 0.717) is 12.2 Å². The molecule has 2 aromatic carbocycles. The number of esters is 1. The Balaban J connectivity index is 1.95. The summed E-state index contributed by atoms with van der Waals surface area (Å²) >= 11 is 0. The predicted octanol–water partition coefficient (Wildman–Crippen LogP) is 2.52. The topological polar surface area (TPSA) is 55.4 Å². The molecule has 0 aliphatic rings. The number of rotatable bonds is 5. The third kappa shape index (κ3) is 3.57. The van der Waals surface area contributed by atoms with Gasteiger partial charge in [-0.25, -0.2) is 0 Å². The quantitative estimate of drug-likeness (QED) is 0.850. The maximum atomic E-state index is 12.0. The zero-order valence-corrected chi connectivity index (χ0v) is 11.4. The first-order valence-electron chi connectivity index (χ1n) is 6.63. The van der Waals surface area contributed by atoms with E-state index in [4.69, 9.17) is 4.74 Å². The van der Waals surface area contributed by atoms with Crippen molar-refractivity contribution in [2.75, 3.05) is 13.2 Å². The van der Waals surface area contributed by atoms with E-state index in [1.807, 2.05) is 36.4 Å². The minimum Gasteiger partial charge on any atom is -0.466 e. The van der Waals surface area contributed by atoms with Crippen LogP contribution in [0.1, 0.15) is 23.7 Å². The van der Waals surface area contributed by atoms with Crippen molar-refractivity contribution in [3.63, 3.8) is 0 Å². The fourth-order valence-corrected chi connectivity index (χ4v) is 1.94. The molecule has 20 heavy (non-hydrogen) atoms. The molecule has 0 radical (unpaired) electrons. The summed E-state index contributed by atoms with van der Waals surface area (Å²) in [6, 6.07) is 13.4. The Hall–Kier alpha value is -2.36. The Morgan fingerprint density at radius 2 is 1.85 bits per heavy atom. The van der Waals surface area contributed by atoms with Gasteiger partial charge in [-0.1, -0.05) is 30.3 Å². The van der Waals surface area contributed by atoms with E-state index in [2.05, 4.69) is 5.32 Å². The fourth-order valence-electron chi connectivity index (χ4n) is 1.94. The van der Waals surface area contributed by atoms with E-state index in [-0.39, 0.29) is 24.8 Å². The van der Waals surface area contributed by atoms with E-state index in [9.17, 15) is 9.59 Å². The van der Waals surface area contributed by atoms with Gasteiger partial charge < -0.3 is 10.1 Å². The third-order valence-electron chi connectivity index (χ3n) is 2.93. The lowest BCUT2D eigenvalue weighted by atomic mass is 10.1. The first kappa shape index (κ1) is 14.1. The number of amides is 1. The summed E-state index contributed by atoms with van der Waals surface area (Å²) in [4.78, 5) is 23.1. The average molecular weight is 271 g/mol. The Morgan fingerprint density at radius 3 is 2.60 bits per heavy atom.